The lowest BCUT2D eigenvalue weighted by molar-refractivity contribution is -0.140. The predicted octanol–water partition coefficient (Wildman–Crippen LogP) is 4.22. The topological polar surface area (TPSA) is 58.6 Å². The van der Waals surface area contributed by atoms with Gasteiger partial charge in [-0.1, -0.05) is 42.8 Å². The summed E-state index contributed by atoms with van der Waals surface area (Å²) < 4.78 is 5.28. The lowest BCUT2D eigenvalue weighted by Gasteiger charge is -2.30. The molecule has 2 rings (SSSR count). The molecule has 0 aromatic heterocycles. The second-order valence-electron chi connectivity index (χ2n) is 7.17. The lowest BCUT2D eigenvalue weighted by Crippen LogP contribution is -2.49. The fourth-order valence-electron chi connectivity index (χ4n) is 2.89. The number of halogens is 1. The minimum atomic E-state index is -0.602. The van der Waals surface area contributed by atoms with Crippen molar-refractivity contribution in [1.29, 1.82) is 0 Å². The summed E-state index contributed by atoms with van der Waals surface area (Å²) in [4.78, 5) is 27.5. The van der Waals surface area contributed by atoms with Crippen molar-refractivity contribution in [1.82, 2.24) is 10.2 Å². The maximum absolute atomic E-state index is 13.1. The van der Waals surface area contributed by atoms with Crippen molar-refractivity contribution >= 4 is 23.4 Å². The molecule has 6 heteroatoms. The Morgan fingerprint density at radius 2 is 1.79 bits per heavy atom. The molecule has 2 aromatic rings. The van der Waals surface area contributed by atoms with Gasteiger partial charge >= 0.3 is 0 Å². The first-order valence-corrected chi connectivity index (χ1v) is 10.2. The number of benzene rings is 2. The van der Waals surface area contributed by atoms with Crippen LogP contribution in [0.4, 0.5) is 0 Å². The Labute approximate surface area is 178 Å². The summed E-state index contributed by atoms with van der Waals surface area (Å²) in [5, 5.41) is 3.59. The van der Waals surface area contributed by atoms with Crippen molar-refractivity contribution in [3.05, 3.63) is 64.7 Å². The number of amides is 2. The summed E-state index contributed by atoms with van der Waals surface area (Å²) >= 11 is 5.94. The van der Waals surface area contributed by atoms with Gasteiger partial charge in [0.25, 0.3) is 0 Å². The highest BCUT2D eigenvalue weighted by Gasteiger charge is 2.27. The van der Waals surface area contributed by atoms with Crippen LogP contribution in [0.3, 0.4) is 0 Å². The van der Waals surface area contributed by atoms with E-state index in [2.05, 4.69) is 5.32 Å². The van der Waals surface area contributed by atoms with Crippen LogP contribution >= 0.6 is 11.6 Å². The third-order valence-electron chi connectivity index (χ3n) is 4.92. The van der Waals surface area contributed by atoms with E-state index in [9.17, 15) is 9.59 Å². The molecule has 0 aliphatic heterocycles. The third kappa shape index (κ3) is 6.79. The first kappa shape index (κ1) is 22.8. The van der Waals surface area contributed by atoms with Crippen molar-refractivity contribution in [2.24, 2.45) is 0 Å². The van der Waals surface area contributed by atoms with Crippen molar-refractivity contribution in [2.75, 3.05) is 7.11 Å². The molecule has 0 saturated heterocycles. The first-order chi connectivity index (χ1) is 13.8. The number of nitrogens with one attached hydrogen (secondary N) is 1. The van der Waals surface area contributed by atoms with Crippen LogP contribution in [-0.2, 0) is 22.6 Å². The number of hydrogen-bond donors (Lipinski definition) is 1. The zero-order valence-electron chi connectivity index (χ0n) is 17.4. The van der Waals surface area contributed by atoms with Crippen LogP contribution in [0.5, 0.6) is 5.75 Å². The van der Waals surface area contributed by atoms with Crippen molar-refractivity contribution in [3.8, 4) is 5.75 Å². The molecule has 0 aliphatic rings. The van der Waals surface area contributed by atoms with Crippen LogP contribution in [0.2, 0.25) is 5.02 Å². The smallest absolute Gasteiger partial charge is 0.242 e. The minimum Gasteiger partial charge on any atom is -0.497 e. The van der Waals surface area contributed by atoms with Gasteiger partial charge < -0.3 is 15.0 Å². The average Bonchev–Trinajstić information content (AvgIpc) is 2.73. The molecular formula is C23H29ClN2O3. The molecule has 1 N–H and O–H groups in total. The standard InChI is InChI=1S/C23H29ClN2O3/c1-5-16(2)25-23(28)17(3)26(15-19-7-6-8-21(13-19)29-4)22(27)14-18-9-11-20(24)12-10-18/h6-13,16-17H,5,14-15H2,1-4H3,(H,25,28)/t16-,17-/m0/s1. The molecule has 5 nitrogen and oxygen atoms in total. The van der Waals surface area contributed by atoms with Crippen LogP contribution in [0.15, 0.2) is 48.5 Å². The maximum Gasteiger partial charge on any atom is 0.242 e. The van der Waals surface area contributed by atoms with E-state index in [-0.39, 0.29) is 24.3 Å². The van der Waals surface area contributed by atoms with Gasteiger partial charge in [0.2, 0.25) is 11.8 Å². The van der Waals surface area contributed by atoms with Gasteiger partial charge in [-0.15, -0.1) is 0 Å². The van der Waals surface area contributed by atoms with Crippen molar-refractivity contribution < 1.29 is 14.3 Å². The monoisotopic (exact) mass is 416 g/mol. The summed E-state index contributed by atoms with van der Waals surface area (Å²) in [6.07, 6.45) is 1.02. The number of ether oxygens (including phenoxy) is 1. The van der Waals surface area contributed by atoms with Gasteiger partial charge in [-0.2, -0.15) is 0 Å². The number of rotatable bonds is 9. The van der Waals surface area contributed by atoms with Gasteiger partial charge in [-0.3, -0.25) is 9.59 Å². The Morgan fingerprint density at radius 1 is 1.10 bits per heavy atom. The summed E-state index contributed by atoms with van der Waals surface area (Å²) in [7, 11) is 1.60. The second kappa shape index (κ2) is 10.9. The Hall–Kier alpha value is -2.53. The van der Waals surface area contributed by atoms with Crippen molar-refractivity contribution in [3.63, 3.8) is 0 Å². The molecule has 2 amide bonds. The van der Waals surface area contributed by atoms with E-state index in [1.807, 2.05) is 50.2 Å². The van der Waals surface area contributed by atoms with Crippen molar-refractivity contribution in [2.45, 2.75) is 52.2 Å². The second-order valence-corrected chi connectivity index (χ2v) is 7.61. The van der Waals surface area contributed by atoms with Gasteiger partial charge in [0, 0.05) is 17.6 Å². The van der Waals surface area contributed by atoms with E-state index < -0.39 is 6.04 Å². The average molecular weight is 417 g/mol. The van der Waals surface area contributed by atoms with Gasteiger partial charge in [0.15, 0.2) is 0 Å². The molecule has 2 atom stereocenters. The highest BCUT2D eigenvalue weighted by molar-refractivity contribution is 6.30. The van der Waals surface area contributed by atoms with Gasteiger partial charge in [0.1, 0.15) is 11.8 Å². The summed E-state index contributed by atoms with van der Waals surface area (Å²) in [6.45, 7) is 6.04. The minimum absolute atomic E-state index is 0.0509. The normalized spacial score (nSPS) is 12.7. The first-order valence-electron chi connectivity index (χ1n) is 9.81. The highest BCUT2D eigenvalue weighted by atomic mass is 35.5. The summed E-state index contributed by atoms with van der Waals surface area (Å²) in [6, 6.07) is 14.1. The SMILES string of the molecule is CC[C@H](C)NC(=O)[C@H](C)N(Cc1cccc(OC)c1)C(=O)Cc1ccc(Cl)cc1. The Morgan fingerprint density at radius 3 is 2.41 bits per heavy atom. The van der Waals surface area contributed by atoms with E-state index in [1.165, 1.54) is 0 Å². The van der Waals surface area contributed by atoms with Crippen LogP contribution < -0.4 is 10.1 Å². The Bertz CT molecular complexity index is 823. The third-order valence-corrected chi connectivity index (χ3v) is 5.18. The molecule has 0 spiro atoms. The lowest BCUT2D eigenvalue weighted by atomic mass is 10.1. The van der Waals surface area contributed by atoms with E-state index in [0.717, 1.165) is 17.5 Å². The number of hydrogen-bond acceptors (Lipinski definition) is 3. The molecule has 0 aliphatic carbocycles. The quantitative estimate of drug-likeness (QED) is 0.665. The van der Waals surface area contributed by atoms with Gasteiger partial charge in [0.05, 0.1) is 13.5 Å². The number of methoxy groups -OCH3 is 1. The predicted molar refractivity (Wildman–Crippen MR) is 116 cm³/mol. The van der Waals surface area contributed by atoms with Crippen LogP contribution in [0.1, 0.15) is 38.3 Å². The molecule has 0 bridgehead atoms. The fraction of sp³-hybridized carbons (Fsp3) is 0.391. The molecule has 0 unspecified atom stereocenters. The molecule has 29 heavy (non-hydrogen) atoms. The number of carbonyl (C=O) groups excluding carboxylic acids is 2. The Balaban J connectivity index is 2.23. The molecule has 0 radical (unpaired) electrons. The zero-order chi connectivity index (χ0) is 21.4. The molecule has 0 saturated carbocycles. The Kier molecular flexibility index (Phi) is 8.52. The molecule has 0 fully saturated rings. The molecule has 2 aromatic carbocycles. The fourth-order valence-corrected chi connectivity index (χ4v) is 3.02. The van der Waals surface area contributed by atoms with Crippen LogP contribution in [0.25, 0.3) is 0 Å². The summed E-state index contributed by atoms with van der Waals surface area (Å²) in [5.41, 5.74) is 1.75. The molecule has 156 valence electrons. The van der Waals surface area contributed by atoms with E-state index in [0.29, 0.717) is 17.3 Å². The molecule has 0 heterocycles. The summed E-state index contributed by atoms with van der Waals surface area (Å²) in [5.74, 6) is 0.429. The highest BCUT2D eigenvalue weighted by Crippen LogP contribution is 2.18. The number of carbonyl (C=O) groups is 2. The van der Waals surface area contributed by atoms with Crippen LogP contribution in [-0.4, -0.2) is 35.9 Å². The zero-order valence-corrected chi connectivity index (χ0v) is 18.2. The van der Waals surface area contributed by atoms with E-state index in [4.69, 9.17) is 16.3 Å². The maximum atomic E-state index is 13.1. The number of nitrogens with zero attached hydrogens (tertiary/aromatic N) is 1. The van der Waals surface area contributed by atoms with Gasteiger partial charge in [-0.05, 0) is 55.7 Å². The van der Waals surface area contributed by atoms with E-state index in [1.54, 1.807) is 31.1 Å². The van der Waals surface area contributed by atoms with Crippen LogP contribution in [0, 0.1) is 0 Å². The van der Waals surface area contributed by atoms with E-state index >= 15 is 0 Å². The van der Waals surface area contributed by atoms with Gasteiger partial charge in [-0.25, -0.2) is 0 Å². The largest absolute Gasteiger partial charge is 0.497 e. The molecular weight excluding hydrogens is 388 g/mol.